The van der Waals surface area contributed by atoms with Gasteiger partial charge in [0, 0.05) is 12.1 Å². The second kappa shape index (κ2) is 5.84. The van der Waals surface area contributed by atoms with Crippen molar-refractivity contribution in [1.82, 2.24) is 20.2 Å². The third kappa shape index (κ3) is 3.22. The van der Waals surface area contributed by atoms with Crippen molar-refractivity contribution in [2.24, 2.45) is 0 Å². The van der Waals surface area contributed by atoms with Crippen LogP contribution in [0.15, 0.2) is 12.4 Å². The lowest BCUT2D eigenvalue weighted by Gasteiger charge is -2.36. The third-order valence-electron chi connectivity index (χ3n) is 3.90. The van der Waals surface area contributed by atoms with E-state index in [0.717, 1.165) is 12.8 Å². The van der Waals surface area contributed by atoms with E-state index in [1.165, 1.54) is 25.2 Å². The second-order valence-electron chi connectivity index (χ2n) is 5.24. The Hall–Kier alpha value is -1.20. The van der Waals surface area contributed by atoms with E-state index in [1.54, 1.807) is 0 Å². The molecule has 1 aliphatic carbocycles. The molecule has 1 heterocycles. The molecule has 1 amide bonds. The van der Waals surface area contributed by atoms with E-state index < -0.39 is 0 Å². The van der Waals surface area contributed by atoms with E-state index in [2.05, 4.69) is 34.3 Å². The molecule has 5 nitrogen and oxygen atoms in total. The zero-order chi connectivity index (χ0) is 13.9. The molecule has 0 aromatic carbocycles. The standard InChI is InChI=1S/C13H19ClN4O/c1-18(2)13(5-3-4-6-13)9-16-12(19)10-7-15-8-11(14)17-10/h7-8H,3-6,9H2,1-2H3,(H,16,19). The van der Waals surface area contributed by atoms with Gasteiger partial charge in [0.15, 0.2) is 0 Å². The summed E-state index contributed by atoms with van der Waals surface area (Å²) in [5, 5.41) is 3.18. The fourth-order valence-electron chi connectivity index (χ4n) is 2.60. The van der Waals surface area contributed by atoms with Crippen LogP contribution in [-0.2, 0) is 0 Å². The summed E-state index contributed by atoms with van der Waals surface area (Å²) >= 11 is 5.73. The van der Waals surface area contributed by atoms with Crippen molar-refractivity contribution in [1.29, 1.82) is 0 Å². The quantitative estimate of drug-likeness (QED) is 0.914. The Labute approximate surface area is 118 Å². The lowest BCUT2D eigenvalue weighted by Crippen LogP contribution is -2.50. The summed E-state index contributed by atoms with van der Waals surface area (Å²) < 4.78 is 0. The zero-order valence-corrected chi connectivity index (χ0v) is 12.1. The first-order valence-electron chi connectivity index (χ1n) is 6.47. The molecular formula is C13H19ClN4O. The fourth-order valence-corrected chi connectivity index (χ4v) is 2.75. The minimum atomic E-state index is -0.219. The highest BCUT2D eigenvalue weighted by atomic mass is 35.5. The summed E-state index contributed by atoms with van der Waals surface area (Å²) in [5.74, 6) is -0.219. The van der Waals surface area contributed by atoms with Crippen molar-refractivity contribution in [3.05, 3.63) is 23.2 Å². The normalized spacial score (nSPS) is 17.7. The summed E-state index contributed by atoms with van der Waals surface area (Å²) in [6, 6.07) is 0. The molecule has 0 radical (unpaired) electrons. The molecule has 6 heteroatoms. The summed E-state index contributed by atoms with van der Waals surface area (Å²) in [6.45, 7) is 0.632. The van der Waals surface area contributed by atoms with Crippen LogP contribution in [0.2, 0.25) is 5.15 Å². The maximum Gasteiger partial charge on any atom is 0.271 e. The molecule has 1 aliphatic rings. The molecule has 0 unspecified atom stereocenters. The Morgan fingerprint density at radius 1 is 1.42 bits per heavy atom. The molecule has 1 N–H and O–H groups in total. The number of hydrogen-bond acceptors (Lipinski definition) is 4. The highest BCUT2D eigenvalue weighted by Crippen LogP contribution is 2.33. The minimum Gasteiger partial charge on any atom is -0.349 e. The Kier molecular flexibility index (Phi) is 4.37. The van der Waals surface area contributed by atoms with Gasteiger partial charge in [0.2, 0.25) is 0 Å². The van der Waals surface area contributed by atoms with Gasteiger partial charge in [0.1, 0.15) is 10.8 Å². The Morgan fingerprint density at radius 3 is 2.68 bits per heavy atom. The number of nitrogens with zero attached hydrogens (tertiary/aromatic N) is 3. The summed E-state index contributed by atoms with van der Waals surface area (Å²) in [5.41, 5.74) is 0.334. The summed E-state index contributed by atoms with van der Waals surface area (Å²) in [4.78, 5) is 22.1. The third-order valence-corrected chi connectivity index (χ3v) is 4.08. The highest BCUT2D eigenvalue weighted by Gasteiger charge is 2.36. The maximum atomic E-state index is 12.0. The number of halogens is 1. The number of rotatable bonds is 4. The van der Waals surface area contributed by atoms with Crippen molar-refractivity contribution in [3.63, 3.8) is 0 Å². The summed E-state index contributed by atoms with van der Waals surface area (Å²) in [7, 11) is 4.13. The molecule has 0 atom stereocenters. The molecule has 0 aliphatic heterocycles. The topological polar surface area (TPSA) is 58.1 Å². The number of likely N-dealkylation sites (N-methyl/N-ethyl adjacent to an activating group) is 1. The number of carbonyl (C=O) groups is 1. The molecule has 0 bridgehead atoms. The fraction of sp³-hybridized carbons (Fsp3) is 0.615. The van der Waals surface area contributed by atoms with E-state index in [4.69, 9.17) is 11.6 Å². The molecule has 1 fully saturated rings. The van der Waals surface area contributed by atoms with Gasteiger partial charge in [-0.1, -0.05) is 24.4 Å². The van der Waals surface area contributed by atoms with Gasteiger partial charge in [-0.3, -0.25) is 9.78 Å². The van der Waals surface area contributed by atoms with Gasteiger partial charge in [-0.2, -0.15) is 0 Å². The number of nitrogens with one attached hydrogen (secondary N) is 1. The molecule has 2 rings (SSSR count). The van der Waals surface area contributed by atoms with Gasteiger partial charge < -0.3 is 10.2 Å². The molecule has 1 aromatic rings. The van der Waals surface area contributed by atoms with Gasteiger partial charge in [-0.05, 0) is 26.9 Å². The van der Waals surface area contributed by atoms with E-state index in [1.807, 2.05) is 0 Å². The van der Waals surface area contributed by atoms with E-state index in [0.29, 0.717) is 6.54 Å². The molecule has 19 heavy (non-hydrogen) atoms. The summed E-state index contributed by atoms with van der Waals surface area (Å²) in [6.07, 6.45) is 7.49. The van der Waals surface area contributed by atoms with Gasteiger partial charge in [-0.15, -0.1) is 0 Å². The van der Waals surface area contributed by atoms with Gasteiger partial charge in [0.05, 0.1) is 12.4 Å². The van der Waals surface area contributed by atoms with Crippen LogP contribution in [-0.4, -0.2) is 47.0 Å². The molecule has 1 aromatic heterocycles. The van der Waals surface area contributed by atoms with E-state index in [9.17, 15) is 4.79 Å². The first-order valence-corrected chi connectivity index (χ1v) is 6.84. The van der Waals surface area contributed by atoms with Gasteiger partial charge >= 0.3 is 0 Å². The van der Waals surface area contributed by atoms with E-state index in [-0.39, 0.29) is 22.3 Å². The average molecular weight is 283 g/mol. The maximum absolute atomic E-state index is 12.0. The Morgan fingerprint density at radius 2 is 2.11 bits per heavy atom. The molecule has 0 spiro atoms. The zero-order valence-electron chi connectivity index (χ0n) is 11.3. The van der Waals surface area contributed by atoms with Crippen LogP contribution in [0, 0.1) is 0 Å². The van der Waals surface area contributed by atoms with Gasteiger partial charge in [0.25, 0.3) is 5.91 Å². The van der Waals surface area contributed by atoms with Crippen molar-refractivity contribution >= 4 is 17.5 Å². The lowest BCUT2D eigenvalue weighted by atomic mass is 9.96. The number of aromatic nitrogens is 2. The predicted octanol–water partition coefficient (Wildman–Crippen LogP) is 1.73. The first kappa shape index (κ1) is 14.2. The van der Waals surface area contributed by atoms with Crippen molar-refractivity contribution in [2.75, 3.05) is 20.6 Å². The SMILES string of the molecule is CN(C)C1(CNC(=O)c2cncc(Cl)n2)CCCC1. The van der Waals surface area contributed by atoms with Crippen LogP contribution >= 0.6 is 11.6 Å². The van der Waals surface area contributed by atoms with Crippen LogP contribution in [0.1, 0.15) is 36.2 Å². The van der Waals surface area contributed by atoms with Crippen LogP contribution in [0.5, 0.6) is 0 Å². The van der Waals surface area contributed by atoms with Crippen LogP contribution in [0.3, 0.4) is 0 Å². The van der Waals surface area contributed by atoms with Crippen LogP contribution in [0.25, 0.3) is 0 Å². The van der Waals surface area contributed by atoms with Crippen molar-refractivity contribution < 1.29 is 4.79 Å². The largest absolute Gasteiger partial charge is 0.349 e. The number of hydrogen-bond donors (Lipinski definition) is 1. The molecule has 1 saturated carbocycles. The predicted molar refractivity (Wildman–Crippen MR) is 74.3 cm³/mol. The van der Waals surface area contributed by atoms with Crippen molar-refractivity contribution in [2.45, 2.75) is 31.2 Å². The highest BCUT2D eigenvalue weighted by molar-refractivity contribution is 6.29. The number of amides is 1. The molecular weight excluding hydrogens is 264 g/mol. The smallest absolute Gasteiger partial charge is 0.271 e. The van der Waals surface area contributed by atoms with E-state index >= 15 is 0 Å². The van der Waals surface area contributed by atoms with Crippen LogP contribution < -0.4 is 5.32 Å². The molecule has 0 saturated heterocycles. The minimum absolute atomic E-state index is 0.0711. The Balaban J connectivity index is 2.00. The monoisotopic (exact) mass is 282 g/mol. The lowest BCUT2D eigenvalue weighted by molar-refractivity contribution is 0.0894. The Bertz CT molecular complexity index is 458. The van der Waals surface area contributed by atoms with Crippen LogP contribution in [0.4, 0.5) is 0 Å². The number of carbonyl (C=O) groups excluding carboxylic acids is 1. The first-order chi connectivity index (χ1) is 9.03. The van der Waals surface area contributed by atoms with Gasteiger partial charge in [-0.25, -0.2) is 4.98 Å². The van der Waals surface area contributed by atoms with Crippen molar-refractivity contribution in [3.8, 4) is 0 Å². The average Bonchev–Trinajstić information content (AvgIpc) is 2.86. The molecule has 104 valence electrons. The second-order valence-corrected chi connectivity index (χ2v) is 5.62.